The van der Waals surface area contributed by atoms with E-state index in [1.807, 2.05) is 0 Å². The Morgan fingerprint density at radius 2 is 1.95 bits per heavy atom. The Morgan fingerprint density at radius 3 is 2.67 bits per heavy atom. The maximum atomic E-state index is 13.5. The van der Waals surface area contributed by atoms with E-state index in [0.717, 1.165) is 16.7 Å². The van der Waals surface area contributed by atoms with Gasteiger partial charge in [-0.25, -0.2) is 8.78 Å². The van der Waals surface area contributed by atoms with Crippen LogP contribution in [0, 0.1) is 29.9 Å². The molecule has 1 aliphatic rings. The van der Waals surface area contributed by atoms with E-state index < -0.39 is 5.54 Å². The van der Waals surface area contributed by atoms with Gasteiger partial charge in [-0.15, -0.1) is 0 Å². The van der Waals surface area contributed by atoms with Gasteiger partial charge in [-0.05, 0) is 66.8 Å². The number of hydrogen-bond acceptors (Lipinski definition) is 2. The van der Waals surface area contributed by atoms with Crippen LogP contribution < -0.4 is 5.32 Å². The van der Waals surface area contributed by atoms with Crippen LogP contribution in [0.3, 0.4) is 0 Å². The number of anilines is 1. The molecule has 0 aromatic heterocycles. The molecule has 0 radical (unpaired) electrons. The van der Waals surface area contributed by atoms with Crippen molar-refractivity contribution in [3.8, 4) is 6.07 Å². The van der Waals surface area contributed by atoms with Crippen molar-refractivity contribution in [2.75, 3.05) is 5.32 Å². The van der Waals surface area contributed by atoms with Gasteiger partial charge in [0.15, 0.2) is 5.54 Å². The lowest BCUT2D eigenvalue weighted by atomic mass is 9.93. The molecular formula is C17H14F2N2. The molecule has 0 heterocycles. The van der Waals surface area contributed by atoms with E-state index in [4.69, 9.17) is 0 Å². The smallest absolute Gasteiger partial charge is 0.151 e. The van der Waals surface area contributed by atoms with Crippen LogP contribution in [0.25, 0.3) is 0 Å². The van der Waals surface area contributed by atoms with Crippen molar-refractivity contribution in [3.05, 3.63) is 64.7 Å². The first-order valence-corrected chi connectivity index (χ1v) is 6.78. The molecule has 0 bridgehead atoms. The molecule has 1 atom stereocenters. The minimum atomic E-state index is -0.927. The van der Waals surface area contributed by atoms with E-state index in [1.165, 1.54) is 24.3 Å². The molecule has 1 N–H and O–H groups in total. The minimum Gasteiger partial charge on any atom is -0.364 e. The van der Waals surface area contributed by atoms with E-state index in [0.29, 0.717) is 18.5 Å². The molecule has 1 unspecified atom stereocenters. The van der Waals surface area contributed by atoms with Crippen LogP contribution >= 0.6 is 0 Å². The fraction of sp³-hybridized carbons (Fsp3) is 0.235. The standard InChI is InChI=1S/C17H14F2N2/c1-11-6-14(19)9-15(7-11)21-17(10-20)5-4-12-8-13(18)2-3-16(12)17/h2-3,6-9,21H,4-5H2,1H3. The molecule has 0 fully saturated rings. The Balaban J connectivity index is 2.02. The number of nitrogens with one attached hydrogen (secondary N) is 1. The Labute approximate surface area is 122 Å². The molecule has 0 amide bonds. The number of aryl methyl sites for hydroxylation is 2. The molecule has 106 valence electrons. The number of halogens is 2. The summed E-state index contributed by atoms with van der Waals surface area (Å²) in [6, 6.07) is 11.3. The monoisotopic (exact) mass is 284 g/mol. The topological polar surface area (TPSA) is 35.8 Å². The maximum Gasteiger partial charge on any atom is 0.151 e. The molecular weight excluding hydrogens is 270 g/mol. The maximum absolute atomic E-state index is 13.5. The van der Waals surface area contributed by atoms with Crippen molar-refractivity contribution in [1.29, 1.82) is 5.26 Å². The molecule has 3 rings (SSSR count). The zero-order chi connectivity index (χ0) is 15.0. The Bertz CT molecular complexity index is 729. The third-order valence-electron chi connectivity index (χ3n) is 3.89. The molecule has 2 aromatic carbocycles. The second-order valence-electron chi connectivity index (χ2n) is 5.46. The Hall–Kier alpha value is -2.41. The largest absolute Gasteiger partial charge is 0.364 e. The van der Waals surface area contributed by atoms with Crippen LogP contribution in [0.4, 0.5) is 14.5 Å². The number of nitriles is 1. The van der Waals surface area contributed by atoms with Gasteiger partial charge in [-0.1, -0.05) is 6.07 Å². The lowest BCUT2D eigenvalue weighted by molar-refractivity contribution is 0.610. The SMILES string of the molecule is Cc1cc(F)cc(NC2(C#N)CCc3cc(F)ccc32)c1. The van der Waals surface area contributed by atoms with Crippen LogP contribution in [0.2, 0.25) is 0 Å². The van der Waals surface area contributed by atoms with Gasteiger partial charge in [-0.3, -0.25) is 0 Å². The average molecular weight is 284 g/mol. The van der Waals surface area contributed by atoms with E-state index in [2.05, 4.69) is 11.4 Å². The normalized spacial score (nSPS) is 19.9. The quantitative estimate of drug-likeness (QED) is 0.903. The predicted octanol–water partition coefficient (Wildman–Crippen LogP) is 4.05. The van der Waals surface area contributed by atoms with Crippen molar-refractivity contribution < 1.29 is 8.78 Å². The van der Waals surface area contributed by atoms with Crippen LogP contribution in [-0.2, 0) is 12.0 Å². The highest BCUT2D eigenvalue weighted by molar-refractivity contribution is 5.56. The van der Waals surface area contributed by atoms with Gasteiger partial charge in [0.1, 0.15) is 11.6 Å². The Morgan fingerprint density at radius 1 is 1.14 bits per heavy atom. The number of hydrogen-bond donors (Lipinski definition) is 1. The van der Waals surface area contributed by atoms with Gasteiger partial charge in [0.25, 0.3) is 0 Å². The first-order valence-electron chi connectivity index (χ1n) is 6.78. The summed E-state index contributed by atoms with van der Waals surface area (Å²) in [6.45, 7) is 1.80. The summed E-state index contributed by atoms with van der Waals surface area (Å²) in [5, 5.41) is 12.8. The lowest BCUT2D eigenvalue weighted by Gasteiger charge is -2.25. The van der Waals surface area contributed by atoms with Gasteiger partial charge in [-0.2, -0.15) is 5.26 Å². The summed E-state index contributed by atoms with van der Waals surface area (Å²) >= 11 is 0. The molecule has 2 nitrogen and oxygen atoms in total. The second-order valence-corrected chi connectivity index (χ2v) is 5.46. The van der Waals surface area contributed by atoms with E-state index in [9.17, 15) is 14.0 Å². The molecule has 21 heavy (non-hydrogen) atoms. The Kier molecular flexibility index (Phi) is 3.13. The zero-order valence-corrected chi connectivity index (χ0v) is 11.6. The lowest BCUT2D eigenvalue weighted by Crippen LogP contribution is -2.31. The third-order valence-corrected chi connectivity index (χ3v) is 3.89. The summed E-state index contributed by atoms with van der Waals surface area (Å²) in [5.41, 5.74) is 2.02. The van der Waals surface area contributed by atoms with E-state index in [-0.39, 0.29) is 11.6 Å². The highest BCUT2D eigenvalue weighted by Crippen LogP contribution is 2.39. The summed E-state index contributed by atoms with van der Waals surface area (Å²) in [4.78, 5) is 0. The molecule has 2 aromatic rings. The fourth-order valence-corrected chi connectivity index (χ4v) is 2.97. The van der Waals surface area contributed by atoms with Crippen LogP contribution in [-0.4, -0.2) is 0 Å². The highest BCUT2D eigenvalue weighted by atomic mass is 19.1. The first kappa shape index (κ1) is 13.6. The van der Waals surface area contributed by atoms with E-state index in [1.54, 1.807) is 19.1 Å². The average Bonchev–Trinajstić information content (AvgIpc) is 2.76. The zero-order valence-electron chi connectivity index (χ0n) is 11.6. The van der Waals surface area contributed by atoms with Crippen molar-refractivity contribution >= 4 is 5.69 Å². The molecule has 0 spiro atoms. The molecule has 0 saturated carbocycles. The summed E-state index contributed by atoms with van der Waals surface area (Å²) in [6.07, 6.45) is 1.17. The molecule has 4 heteroatoms. The van der Waals surface area contributed by atoms with Crippen molar-refractivity contribution in [2.24, 2.45) is 0 Å². The predicted molar refractivity (Wildman–Crippen MR) is 76.8 cm³/mol. The number of fused-ring (bicyclic) bond motifs is 1. The van der Waals surface area contributed by atoms with Crippen LogP contribution in [0.1, 0.15) is 23.1 Å². The first-order chi connectivity index (χ1) is 10.0. The molecule has 0 aliphatic heterocycles. The van der Waals surface area contributed by atoms with Crippen molar-refractivity contribution in [1.82, 2.24) is 0 Å². The van der Waals surface area contributed by atoms with Gasteiger partial charge < -0.3 is 5.32 Å². The summed E-state index contributed by atoms with van der Waals surface area (Å²) < 4.78 is 26.8. The summed E-state index contributed by atoms with van der Waals surface area (Å²) in [5.74, 6) is -0.646. The second kappa shape index (κ2) is 4.85. The van der Waals surface area contributed by atoms with Gasteiger partial charge in [0.2, 0.25) is 0 Å². The van der Waals surface area contributed by atoms with Crippen LogP contribution in [0.15, 0.2) is 36.4 Å². The molecule has 1 aliphatic carbocycles. The van der Waals surface area contributed by atoms with Crippen molar-refractivity contribution in [2.45, 2.75) is 25.3 Å². The minimum absolute atomic E-state index is 0.302. The highest BCUT2D eigenvalue weighted by Gasteiger charge is 2.39. The van der Waals surface area contributed by atoms with Crippen molar-refractivity contribution in [3.63, 3.8) is 0 Å². The summed E-state index contributed by atoms with van der Waals surface area (Å²) in [7, 11) is 0. The van der Waals surface area contributed by atoms with Gasteiger partial charge in [0, 0.05) is 5.69 Å². The van der Waals surface area contributed by atoms with E-state index >= 15 is 0 Å². The van der Waals surface area contributed by atoms with Crippen LogP contribution in [0.5, 0.6) is 0 Å². The number of benzene rings is 2. The number of rotatable bonds is 2. The fourth-order valence-electron chi connectivity index (χ4n) is 2.97. The third kappa shape index (κ3) is 2.36. The molecule has 0 saturated heterocycles. The van der Waals surface area contributed by atoms with Gasteiger partial charge >= 0.3 is 0 Å². The van der Waals surface area contributed by atoms with Gasteiger partial charge in [0.05, 0.1) is 6.07 Å². The number of nitrogens with zero attached hydrogens (tertiary/aromatic N) is 1.